The Morgan fingerprint density at radius 1 is 1.43 bits per heavy atom. The molecular weight excluding hydrogens is 196 g/mol. The van der Waals surface area contributed by atoms with Crippen LogP contribution in [0.2, 0.25) is 0 Å². The Labute approximate surface area is 91.1 Å². The van der Waals surface area contributed by atoms with Crippen LogP contribution in [0.4, 0.5) is 0 Å². The molecular formula is C11H20O2S. The van der Waals surface area contributed by atoms with E-state index in [0.717, 1.165) is 17.7 Å². The van der Waals surface area contributed by atoms with Gasteiger partial charge in [0.2, 0.25) is 0 Å². The average Bonchev–Trinajstić information content (AvgIpc) is 2.09. The van der Waals surface area contributed by atoms with Crippen LogP contribution in [-0.2, 0) is 9.53 Å². The zero-order valence-corrected chi connectivity index (χ0v) is 10.5. The Bertz CT molecular complexity index is 214. The van der Waals surface area contributed by atoms with Gasteiger partial charge in [0.1, 0.15) is 0 Å². The number of carbonyl (C=O) groups is 1. The largest absolute Gasteiger partial charge is 0.466 e. The summed E-state index contributed by atoms with van der Waals surface area (Å²) in [5.41, 5.74) is 0.768. The van der Waals surface area contributed by atoms with Crippen molar-refractivity contribution in [2.75, 3.05) is 12.9 Å². The third-order valence-corrected chi connectivity index (χ3v) is 2.87. The molecule has 0 aromatic heterocycles. The van der Waals surface area contributed by atoms with Crippen LogP contribution in [0.25, 0.3) is 0 Å². The van der Waals surface area contributed by atoms with Gasteiger partial charge in [0, 0.05) is 16.1 Å². The summed E-state index contributed by atoms with van der Waals surface area (Å²) in [6, 6.07) is 0. The normalized spacial score (nSPS) is 12.8. The fourth-order valence-electron chi connectivity index (χ4n) is 0.895. The average molecular weight is 216 g/mol. The molecule has 0 N–H and O–H groups in total. The molecule has 2 nitrogen and oxygen atoms in total. The Balaban J connectivity index is 4.13. The first-order valence-corrected chi connectivity index (χ1v) is 5.80. The molecule has 0 radical (unpaired) electrons. The molecule has 82 valence electrons. The van der Waals surface area contributed by atoms with Gasteiger partial charge in [-0.3, -0.25) is 0 Å². The van der Waals surface area contributed by atoms with Crippen LogP contribution in [0.15, 0.2) is 11.6 Å². The molecule has 0 saturated carbocycles. The summed E-state index contributed by atoms with van der Waals surface area (Å²) in [5.74, 6) is 0.656. The Kier molecular flexibility index (Phi) is 5.93. The summed E-state index contributed by atoms with van der Waals surface area (Å²) in [5, 5.41) is 0. The fraction of sp³-hybridized carbons (Fsp3) is 0.727. The van der Waals surface area contributed by atoms with E-state index in [1.165, 1.54) is 7.11 Å². The van der Waals surface area contributed by atoms with Gasteiger partial charge in [-0.1, -0.05) is 33.8 Å². The molecule has 0 aliphatic rings. The number of hydrogen-bond acceptors (Lipinski definition) is 3. The number of thioether (sulfide) groups is 1. The highest BCUT2D eigenvalue weighted by atomic mass is 32.2. The maximum absolute atomic E-state index is 11.2. The van der Waals surface area contributed by atoms with Crippen LogP contribution in [0.1, 0.15) is 34.1 Å². The van der Waals surface area contributed by atoms with Crippen molar-refractivity contribution in [1.29, 1.82) is 0 Å². The van der Waals surface area contributed by atoms with Crippen molar-refractivity contribution in [1.82, 2.24) is 0 Å². The number of methoxy groups -OCH3 is 1. The number of hydrogen-bond donors (Lipinski definition) is 0. The quantitative estimate of drug-likeness (QED) is 0.534. The SMILES string of the molecule is CCC(=CCSC(C)(C)C)C(=O)OC. The van der Waals surface area contributed by atoms with Crippen molar-refractivity contribution in [3.05, 3.63) is 11.6 Å². The summed E-state index contributed by atoms with van der Waals surface area (Å²) in [6.07, 6.45) is 2.69. The van der Waals surface area contributed by atoms with E-state index in [2.05, 4.69) is 25.5 Å². The van der Waals surface area contributed by atoms with Gasteiger partial charge in [-0.15, -0.1) is 0 Å². The van der Waals surface area contributed by atoms with Gasteiger partial charge in [0.15, 0.2) is 0 Å². The lowest BCUT2D eigenvalue weighted by molar-refractivity contribution is -0.136. The van der Waals surface area contributed by atoms with Gasteiger partial charge in [-0.2, -0.15) is 11.8 Å². The van der Waals surface area contributed by atoms with Crippen LogP contribution >= 0.6 is 11.8 Å². The molecule has 0 heterocycles. The Hall–Kier alpha value is -0.440. The van der Waals surface area contributed by atoms with Crippen LogP contribution in [-0.4, -0.2) is 23.6 Å². The molecule has 0 saturated heterocycles. The standard InChI is InChI=1S/C11H20O2S/c1-6-9(10(12)13-5)7-8-14-11(2,3)4/h7H,6,8H2,1-5H3. The van der Waals surface area contributed by atoms with Gasteiger partial charge < -0.3 is 4.74 Å². The first-order chi connectivity index (χ1) is 6.40. The third kappa shape index (κ3) is 6.08. The van der Waals surface area contributed by atoms with Gasteiger partial charge in [-0.25, -0.2) is 4.79 Å². The van der Waals surface area contributed by atoms with Crippen molar-refractivity contribution in [3.8, 4) is 0 Å². The lowest BCUT2D eigenvalue weighted by atomic mass is 10.2. The predicted molar refractivity (Wildman–Crippen MR) is 62.6 cm³/mol. The van der Waals surface area contributed by atoms with E-state index >= 15 is 0 Å². The molecule has 14 heavy (non-hydrogen) atoms. The molecule has 0 atom stereocenters. The van der Waals surface area contributed by atoms with E-state index < -0.39 is 0 Å². The topological polar surface area (TPSA) is 26.3 Å². The highest BCUT2D eigenvalue weighted by Gasteiger charge is 2.10. The molecule has 0 rings (SSSR count). The van der Waals surface area contributed by atoms with E-state index in [1.54, 1.807) is 0 Å². The van der Waals surface area contributed by atoms with Gasteiger partial charge >= 0.3 is 5.97 Å². The minimum atomic E-state index is -0.206. The second-order valence-corrected chi connectivity index (χ2v) is 5.84. The number of carbonyl (C=O) groups excluding carboxylic acids is 1. The molecule has 0 fully saturated rings. The summed E-state index contributed by atoms with van der Waals surface area (Å²) < 4.78 is 4.91. The number of rotatable bonds is 4. The van der Waals surface area contributed by atoms with Crippen LogP contribution in [0.3, 0.4) is 0 Å². The lowest BCUT2D eigenvalue weighted by Gasteiger charge is -2.16. The second-order valence-electron chi connectivity index (χ2n) is 4.00. The van der Waals surface area contributed by atoms with E-state index in [9.17, 15) is 4.79 Å². The van der Waals surface area contributed by atoms with E-state index in [1.807, 2.05) is 24.8 Å². The number of ether oxygens (including phenoxy) is 1. The monoisotopic (exact) mass is 216 g/mol. The molecule has 0 spiro atoms. The molecule has 0 aliphatic carbocycles. The first kappa shape index (κ1) is 13.6. The number of esters is 1. The molecule has 0 unspecified atom stereocenters. The summed E-state index contributed by atoms with van der Waals surface area (Å²) in [4.78, 5) is 11.2. The van der Waals surface area contributed by atoms with Crippen molar-refractivity contribution < 1.29 is 9.53 Å². The van der Waals surface area contributed by atoms with Crippen molar-refractivity contribution in [3.63, 3.8) is 0 Å². The van der Waals surface area contributed by atoms with Crippen molar-refractivity contribution in [2.45, 2.75) is 38.9 Å². The summed E-state index contributed by atoms with van der Waals surface area (Å²) in [7, 11) is 1.42. The maximum atomic E-state index is 11.2. The van der Waals surface area contributed by atoms with Crippen LogP contribution < -0.4 is 0 Å². The van der Waals surface area contributed by atoms with E-state index in [-0.39, 0.29) is 10.7 Å². The maximum Gasteiger partial charge on any atom is 0.333 e. The zero-order valence-electron chi connectivity index (χ0n) is 9.72. The smallest absolute Gasteiger partial charge is 0.333 e. The molecule has 0 bridgehead atoms. The first-order valence-electron chi connectivity index (χ1n) is 4.82. The summed E-state index contributed by atoms with van der Waals surface area (Å²) >= 11 is 1.82. The molecule has 0 aromatic rings. The molecule has 0 aliphatic heterocycles. The van der Waals surface area contributed by atoms with Gasteiger partial charge in [0.25, 0.3) is 0 Å². The third-order valence-electron chi connectivity index (χ3n) is 1.67. The molecule has 0 amide bonds. The van der Waals surface area contributed by atoms with E-state index in [0.29, 0.717) is 0 Å². The van der Waals surface area contributed by atoms with Gasteiger partial charge in [-0.05, 0) is 6.42 Å². The predicted octanol–water partition coefficient (Wildman–Crippen LogP) is 3.03. The molecule has 0 aromatic carbocycles. The second kappa shape index (κ2) is 6.12. The van der Waals surface area contributed by atoms with Crippen molar-refractivity contribution >= 4 is 17.7 Å². The Morgan fingerprint density at radius 2 is 2.00 bits per heavy atom. The van der Waals surface area contributed by atoms with Gasteiger partial charge in [0.05, 0.1) is 7.11 Å². The summed E-state index contributed by atoms with van der Waals surface area (Å²) in [6.45, 7) is 8.45. The van der Waals surface area contributed by atoms with E-state index in [4.69, 9.17) is 0 Å². The lowest BCUT2D eigenvalue weighted by Crippen LogP contribution is -2.09. The zero-order chi connectivity index (χ0) is 11.2. The van der Waals surface area contributed by atoms with Crippen LogP contribution in [0, 0.1) is 0 Å². The minimum Gasteiger partial charge on any atom is -0.466 e. The minimum absolute atomic E-state index is 0.206. The van der Waals surface area contributed by atoms with Crippen molar-refractivity contribution in [2.24, 2.45) is 0 Å². The fourth-order valence-corrected chi connectivity index (χ4v) is 1.68. The van der Waals surface area contributed by atoms with Crippen LogP contribution in [0.5, 0.6) is 0 Å². The highest BCUT2D eigenvalue weighted by molar-refractivity contribution is 8.00. The highest BCUT2D eigenvalue weighted by Crippen LogP contribution is 2.23. The molecule has 3 heteroatoms. The Morgan fingerprint density at radius 3 is 2.36 bits per heavy atom.